The Labute approximate surface area is 178 Å². The largest absolute Gasteiger partial charge is 0.329 e. The van der Waals surface area contributed by atoms with Crippen molar-refractivity contribution in [3.8, 4) is 0 Å². The van der Waals surface area contributed by atoms with E-state index in [9.17, 15) is 19.2 Å². The van der Waals surface area contributed by atoms with E-state index in [2.05, 4.69) is 9.97 Å². The highest BCUT2D eigenvalue weighted by Gasteiger charge is 2.08. The van der Waals surface area contributed by atoms with Crippen LogP contribution in [0.5, 0.6) is 0 Å². The molecule has 10 heteroatoms. The number of hydrogen-bond acceptors (Lipinski definition) is 6. The van der Waals surface area contributed by atoms with E-state index in [4.69, 9.17) is 0 Å². The van der Waals surface area contributed by atoms with Crippen LogP contribution in [0.3, 0.4) is 0 Å². The number of fused-ring (bicyclic) bond motifs is 2. The number of para-hydroxylation sites is 2. The summed E-state index contributed by atoms with van der Waals surface area (Å²) in [4.78, 5) is 54.7. The Kier molecular flexibility index (Phi) is 5.96. The van der Waals surface area contributed by atoms with E-state index in [-0.39, 0.29) is 23.5 Å². The molecule has 0 fully saturated rings. The predicted octanol–water partition coefficient (Wildman–Crippen LogP) is 1.77. The van der Waals surface area contributed by atoms with Crippen molar-refractivity contribution in [1.82, 2.24) is 19.1 Å². The second-order valence-electron chi connectivity index (χ2n) is 6.50. The molecule has 2 heterocycles. The van der Waals surface area contributed by atoms with Gasteiger partial charge in [0.2, 0.25) is 0 Å². The Morgan fingerprint density at radius 1 is 0.700 bits per heavy atom. The Morgan fingerprint density at radius 3 is 1.87 bits per heavy atom. The molecule has 2 aromatic carbocycles. The van der Waals surface area contributed by atoms with Gasteiger partial charge in [-0.2, -0.15) is 0 Å². The van der Waals surface area contributed by atoms with E-state index < -0.39 is 11.4 Å². The van der Waals surface area contributed by atoms with Crippen molar-refractivity contribution >= 4 is 45.3 Å². The third kappa shape index (κ3) is 4.01. The minimum atomic E-state index is -0.439. The number of nitrogens with zero attached hydrogens (tertiary/aromatic N) is 2. The van der Waals surface area contributed by atoms with Crippen molar-refractivity contribution in [2.45, 2.75) is 12.4 Å². The van der Waals surface area contributed by atoms with Gasteiger partial charge in [-0.1, -0.05) is 24.3 Å². The van der Waals surface area contributed by atoms with Crippen LogP contribution in [-0.4, -0.2) is 29.9 Å². The van der Waals surface area contributed by atoms with Crippen molar-refractivity contribution < 1.29 is 0 Å². The number of aromatic nitrogens is 4. The van der Waals surface area contributed by atoms with Gasteiger partial charge >= 0.3 is 11.4 Å². The topological polar surface area (TPSA) is 110 Å². The Hall–Kier alpha value is -2.98. The van der Waals surface area contributed by atoms with E-state index >= 15 is 0 Å². The van der Waals surface area contributed by atoms with Crippen LogP contribution in [-0.2, 0) is 12.4 Å². The number of rotatable bonds is 7. The summed E-state index contributed by atoms with van der Waals surface area (Å²) in [6, 6.07) is 13.8. The average molecular weight is 443 g/mol. The first-order valence-electron chi connectivity index (χ1n) is 9.15. The van der Waals surface area contributed by atoms with Crippen LogP contribution in [0.25, 0.3) is 21.8 Å². The molecule has 0 atom stereocenters. The van der Waals surface area contributed by atoms with E-state index in [1.54, 1.807) is 48.5 Å². The first-order chi connectivity index (χ1) is 14.6. The molecule has 154 valence electrons. The minimum absolute atomic E-state index is 0.225. The molecule has 0 aliphatic rings. The lowest BCUT2D eigenvalue weighted by atomic mass is 10.2. The molecule has 0 unspecified atom stereocenters. The normalized spacial score (nSPS) is 11.3. The summed E-state index contributed by atoms with van der Waals surface area (Å²) in [6.45, 7) is 0.279. The summed E-state index contributed by atoms with van der Waals surface area (Å²) >= 11 is 2.95. The molecule has 0 bridgehead atoms. The monoisotopic (exact) mass is 442 g/mol. The molecule has 4 aromatic rings. The zero-order valence-corrected chi connectivity index (χ0v) is 17.4. The van der Waals surface area contributed by atoms with Crippen molar-refractivity contribution in [3.63, 3.8) is 0 Å². The maximum absolute atomic E-state index is 12.5. The number of H-pyrrole nitrogens is 2. The average Bonchev–Trinajstić information content (AvgIpc) is 2.74. The standard InChI is InChI=1S/C20H18N4O4S2/c25-17-13-5-1-3-7-15(13)21-19(27)23(17)9-10-29-12-30-11-24-18(26)14-6-2-4-8-16(14)22-20(24)28/h1-8H,9-12H2,(H,21,27)(H,22,28). The number of benzene rings is 2. The predicted molar refractivity (Wildman–Crippen MR) is 123 cm³/mol. The van der Waals surface area contributed by atoms with Gasteiger partial charge in [0, 0.05) is 17.4 Å². The third-order valence-electron chi connectivity index (χ3n) is 4.63. The molecule has 0 amide bonds. The van der Waals surface area contributed by atoms with Crippen molar-refractivity contribution in [1.29, 1.82) is 0 Å². The van der Waals surface area contributed by atoms with Crippen LogP contribution in [0.4, 0.5) is 0 Å². The van der Waals surface area contributed by atoms with Gasteiger partial charge in [-0.15, -0.1) is 23.5 Å². The fourth-order valence-corrected chi connectivity index (χ4v) is 5.09. The van der Waals surface area contributed by atoms with Gasteiger partial charge in [-0.05, 0) is 24.3 Å². The van der Waals surface area contributed by atoms with Gasteiger partial charge in [-0.3, -0.25) is 14.2 Å². The van der Waals surface area contributed by atoms with Gasteiger partial charge in [0.25, 0.3) is 11.1 Å². The molecule has 0 saturated heterocycles. The highest BCUT2D eigenvalue weighted by Crippen LogP contribution is 2.13. The second kappa shape index (κ2) is 8.80. The van der Waals surface area contributed by atoms with Gasteiger partial charge in [-0.25, -0.2) is 14.2 Å². The van der Waals surface area contributed by atoms with Gasteiger partial charge in [0.05, 0.1) is 27.7 Å². The molecular formula is C20H18N4O4S2. The molecule has 0 aliphatic carbocycles. The fourth-order valence-electron chi connectivity index (χ4n) is 3.12. The van der Waals surface area contributed by atoms with E-state index in [1.807, 2.05) is 0 Å². The molecule has 4 rings (SSSR count). The first-order valence-corrected chi connectivity index (χ1v) is 11.5. The van der Waals surface area contributed by atoms with Gasteiger partial charge in [0.1, 0.15) is 0 Å². The molecule has 8 nitrogen and oxygen atoms in total. The van der Waals surface area contributed by atoms with Crippen molar-refractivity contribution in [2.24, 2.45) is 0 Å². The Balaban J connectivity index is 1.36. The maximum Gasteiger partial charge on any atom is 0.329 e. The zero-order valence-electron chi connectivity index (χ0n) is 15.8. The van der Waals surface area contributed by atoms with Gasteiger partial charge in [0.15, 0.2) is 0 Å². The van der Waals surface area contributed by atoms with Crippen molar-refractivity contribution in [2.75, 3.05) is 10.8 Å². The lowest BCUT2D eigenvalue weighted by molar-refractivity contribution is 0.691. The highest BCUT2D eigenvalue weighted by molar-refractivity contribution is 8.15. The van der Waals surface area contributed by atoms with Crippen LogP contribution >= 0.6 is 23.5 Å². The maximum atomic E-state index is 12.5. The molecule has 30 heavy (non-hydrogen) atoms. The summed E-state index contributed by atoms with van der Waals surface area (Å²) < 4.78 is 2.37. The molecular weight excluding hydrogens is 424 g/mol. The minimum Gasteiger partial charge on any atom is -0.307 e. The number of nitrogens with one attached hydrogen (secondary N) is 2. The lowest BCUT2D eigenvalue weighted by Gasteiger charge is -2.07. The first kappa shape index (κ1) is 20.3. The number of aromatic amines is 2. The summed E-state index contributed by atoms with van der Waals surface area (Å²) in [5, 5.41) is 1.56. The molecule has 0 radical (unpaired) electrons. The smallest absolute Gasteiger partial charge is 0.307 e. The summed E-state index contributed by atoms with van der Waals surface area (Å²) in [5.41, 5.74) is -0.447. The molecule has 0 spiro atoms. The van der Waals surface area contributed by atoms with Crippen LogP contribution in [0.15, 0.2) is 67.7 Å². The quantitative estimate of drug-likeness (QED) is 0.334. The van der Waals surface area contributed by atoms with Crippen LogP contribution in [0.2, 0.25) is 0 Å². The van der Waals surface area contributed by atoms with Crippen molar-refractivity contribution in [3.05, 3.63) is 90.2 Å². The van der Waals surface area contributed by atoms with Crippen LogP contribution < -0.4 is 22.5 Å². The second-order valence-corrected chi connectivity index (χ2v) is 8.93. The Bertz CT molecular complexity index is 1340. The lowest BCUT2D eigenvalue weighted by Crippen LogP contribution is -2.35. The highest BCUT2D eigenvalue weighted by atomic mass is 32.2. The number of hydrogen-bond donors (Lipinski definition) is 2. The van der Waals surface area contributed by atoms with E-state index in [1.165, 1.54) is 32.7 Å². The summed E-state index contributed by atoms with van der Waals surface area (Å²) in [5.74, 6) is 0.778. The molecule has 0 aliphatic heterocycles. The third-order valence-corrected chi connectivity index (χ3v) is 6.87. The summed E-state index contributed by atoms with van der Waals surface area (Å²) in [7, 11) is 0. The molecule has 0 saturated carbocycles. The SMILES string of the molecule is O=c1[nH]c2ccccc2c(=O)n1CCSCSCn1c(=O)[nH]c2ccccc2c1=O. The van der Waals surface area contributed by atoms with Crippen LogP contribution in [0, 0.1) is 0 Å². The van der Waals surface area contributed by atoms with Gasteiger partial charge < -0.3 is 9.97 Å². The number of thioether (sulfide) groups is 2. The van der Waals surface area contributed by atoms with E-state index in [0.29, 0.717) is 32.6 Å². The zero-order chi connectivity index (χ0) is 21.1. The molecule has 2 N–H and O–H groups in total. The van der Waals surface area contributed by atoms with E-state index in [0.717, 1.165) is 0 Å². The summed E-state index contributed by atoms with van der Waals surface area (Å²) in [6.07, 6.45) is 0. The fraction of sp³-hybridized carbons (Fsp3) is 0.200. The van der Waals surface area contributed by atoms with Crippen LogP contribution in [0.1, 0.15) is 0 Å². The molecule has 2 aromatic heterocycles. The Morgan fingerprint density at radius 2 is 1.23 bits per heavy atom.